The lowest BCUT2D eigenvalue weighted by molar-refractivity contribution is 0.191. The Kier molecular flexibility index (Phi) is 4.18. The molecule has 3 aromatic rings. The Morgan fingerprint density at radius 3 is 2.54 bits per heavy atom. The van der Waals surface area contributed by atoms with Crippen LogP contribution in [0.15, 0.2) is 65.6 Å². The van der Waals surface area contributed by atoms with Crippen LogP contribution in [0.3, 0.4) is 0 Å². The first-order valence-electron chi connectivity index (χ1n) is 7.46. The molecule has 4 nitrogen and oxygen atoms in total. The van der Waals surface area contributed by atoms with E-state index >= 15 is 0 Å². The number of hydrogen-bond acceptors (Lipinski definition) is 3. The average Bonchev–Trinajstić information content (AvgIpc) is 2.57. The summed E-state index contributed by atoms with van der Waals surface area (Å²) in [6.45, 7) is 1.53. The van der Waals surface area contributed by atoms with Crippen molar-refractivity contribution in [2.24, 2.45) is 0 Å². The number of benzene rings is 2. The van der Waals surface area contributed by atoms with Crippen LogP contribution in [0.2, 0.25) is 0 Å². The Balaban J connectivity index is 2.19. The van der Waals surface area contributed by atoms with Gasteiger partial charge in [-0.1, -0.05) is 30.3 Å². The van der Waals surface area contributed by atoms with E-state index in [2.05, 4.69) is 0 Å². The van der Waals surface area contributed by atoms with E-state index in [1.807, 2.05) is 0 Å². The van der Waals surface area contributed by atoms with Crippen molar-refractivity contribution >= 4 is 0 Å². The topological polar surface area (TPSA) is 62.5 Å². The second kappa shape index (κ2) is 6.29. The van der Waals surface area contributed by atoms with Crippen LogP contribution in [0.4, 0.5) is 4.39 Å². The fraction of sp³-hybridized carbons (Fsp3) is 0.105. The molecule has 0 radical (unpaired) electrons. The summed E-state index contributed by atoms with van der Waals surface area (Å²) in [5.74, 6) is -0.760. The number of aromatic hydroxyl groups is 1. The number of aliphatic hydroxyl groups is 1. The molecular formula is C19H16FNO3. The molecule has 0 amide bonds. The van der Waals surface area contributed by atoms with Gasteiger partial charge in [0.1, 0.15) is 5.82 Å². The molecule has 1 atom stereocenters. The maximum atomic E-state index is 14.0. The second-order valence-corrected chi connectivity index (χ2v) is 5.52. The maximum Gasteiger partial charge on any atom is 0.223 e. The van der Waals surface area contributed by atoms with E-state index in [1.54, 1.807) is 42.5 Å². The molecule has 1 unspecified atom stereocenters. The molecule has 1 aromatic heterocycles. The third kappa shape index (κ3) is 2.94. The smallest absolute Gasteiger partial charge is 0.223 e. The van der Waals surface area contributed by atoms with Crippen molar-refractivity contribution in [1.29, 1.82) is 0 Å². The molecule has 2 N–H and O–H groups in total. The minimum atomic E-state index is -0.907. The van der Waals surface area contributed by atoms with Gasteiger partial charge < -0.3 is 14.8 Å². The number of aliphatic hydroxyl groups excluding tert-OH is 1. The highest BCUT2D eigenvalue weighted by Crippen LogP contribution is 2.26. The van der Waals surface area contributed by atoms with E-state index < -0.39 is 17.3 Å². The Morgan fingerprint density at radius 1 is 1.08 bits per heavy atom. The van der Waals surface area contributed by atoms with Crippen molar-refractivity contribution in [3.8, 4) is 22.6 Å². The number of pyridine rings is 1. The molecule has 0 aliphatic carbocycles. The largest absolute Gasteiger partial charge is 0.503 e. The van der Waals surface area contributed by atoms with E-state index in [-0.39, 0.29) is 5.82 Å². The molecule has 3 rings (SSSR count). The summed E-state index contributed by atoms with van der Waals surface area (Å²) < 4.78 is 15.5. The van der Waals surface area contributed by atoms with Gasteiger partial charge in [0.2, 0.25) is 5.43 Å². The Labute approximate surface area is 138 Å². The van der Waals surface area contributed by atoms with Crippen molar-refractivity contribution in [2.45, 2.75) is 13.0 Å². The van der Waals surface area contributed by atoms with E-state index in [4.69, 9.17) is 0 Å². The van der Waals surface area contributed by atoms with Crippen LogP contribution in [-0.2, 0) is 0 Å². The Morgan fingerprint density at radius 2 is 1.83 bits per heavy atom. The molecule has 0 saturated carbocycles. The maximum absolute atomic E-state index is 14.0. The minimum Gasteiger partial charge on any atom is -0.503 e. The van der Waals surface area contributed by atoms with Crippen LogP contribution >= 0.6 is 0 Å². The van der Waals surface area contributed by atoms with Gasteiger partial charge in [-0.15, -0.1) is 0 Å². The molecule has 0 fully saturated rings. The van der Waals surface area contributed by atoms with Gasteiger partial charge >= 0.3 is 0 Å². The van der Waals surface area contributed by atoms with Gasteiger partial charge in [0.05, 0.1) is 18.0 Å². The van der Waals surface area contributed by atoms with Crippen LogP contribution < -0.4 is 5.43 Å². The number of nitrogens with zero attached hydrogens (tertiary/aromatic N) is 1. The third-order valence-corrected chi connectivity index (χ3v) is 3.80. The summed E-state index contributed by atoms with van der Waals surface area (Å²) in [6.07, 6.45) is 0.348. The van der Waals surface area contributed by atoms with E-state index in [1.165, 1.54) is 29.8 Å². The summed E-state index contributed by atoms with van der Waals surface area (Å²) in [5.41, 5.74) is 1.47. The fourth-order valence-corrected chi connectivity index (χ4v) is 2.60. The highest BCUT2D eigenvalue weighted by atomic mass is 19.1. The molecule has 5 heteroatoms. The molecule has 2 aromatic carbocycles. The Hall–Kier alpha value is -2.92. The lowest BCUT2D eigenvalue weighted by Gasteiger charge is -2.17. The van der Waals surface area contributed by atoms with Crippen LogP contribution in [0.1, 0.15) is 18.7 Å². The summed E-state index contributed by atoms with van der Waals surface area (Å²) in [5, 5.41) is 19.6. The lowest BCUT2D eigenvalue weighted by atomic mass is 10.0. The number of aromatic nitrogens is 1. The van der Waals surface area contributed by atoms with Crippen LogP contribution in [0, 0.1) is 5.82 Å². The quantitative estimate of drug-likeness (QED) is 0.776. The average molecular weight is 325 g/mol. The summed E-state index contributed by atoms with van der Waals surface area (Å²) >= 11 is 0. The van der Waals surface area contributed by atoms with Crippen LogP contribution in [0.5, 0.6) is 5.75 Å². The molecule has 0 aliphatic heterocycles. The first-order valence-corrected chi connectivity index (χ1v) is 7.46. The van der Waals surface area contributed by atoms with Crippen LogP contribution in [-0.4, -0.2) is 14.8 Å². The highest BCUT2D eigenvalue weighted by molar-refractivity contribution is 5.66. The zero-order valence-electron chi connectivity index (χ0n) is 13.0. The molecular weight excluding hydrogens is 309 g/mol. The van der Waals surface area contributed by atoms with Crippen molar-refractivity contribution in [2.75, 3.05) is 0 Å². The van der Waals surface area contributed by atoms with Crippen molar-refractivity contribution in [1.82, 2.24) is 4.57 Å². The van der Waals surface area contributed by atoms with Gasteiger partial charge in [0.15, 0.2) is 5.75 Å². The minimum absolute atomic E-state index is 0.337. The normalized spacial score (nSPS) is 12.1. The first kappa shape index (κ1) is 16.0. The van der Waals surface area contributed by atoms with Gasteiger partial charge in [-0.25, -0.2) is 4.39 Å². The van der Waals surface area contributed by atoms with Gasteiger partial charge in [-0.2, -0.15) is 0 Å². The molecule has 0 aliphatic rings. The van der Waals surface area contributed by atoms with Crippen molar-refractivity contribution in [3.63, 3.8) is 0 Å². The number of rotatable bonds is 3. The van der Waals surface area contributed by atoms with E-state index in [0.717, 1.165) is 0 Å². The Bertz CT molecular complexity index is 947. The second-order valence-electron chi connectivity index (χ2n) is 5.52. The molecule has 0 saturated heterocycles. The highest BCUT2D eigenvalue weighted by Gasteiger charge is 2.13. The third-order valence-electron chi connectivity index (χ3n) is 3.80. The summed E-state index contributed by atoms with van der Waals surface area (Å²) in [4.78, 5) is 11.6. The van der Waals surface area contributed by atoms with E-state index in [0.29, 0.717) is 22.5 Å². The van der Waals surface area contributed by atoms with Gasteiger partial charge in [-0.05, 0) is 30.7 Å². The number of halogens is 1. The predicted molar refractivity (Wildman–Crippen MR) is 89.7 cm³/mol. The predicted octanol–water partition coefficient (Wildman–Crippen LogP) is 3.40. The van der Waals surface area contributed by atoms with Crippen molar-refractivity contribution < 1.29 is 14.6 Å². The SMILES string of the molecule is CC(O)c1cc(=O)c(O)cn1-c1cccc(-c2ccccc2F)c1. The monoisotopic (exact) mass is 325 g/mol. The van der Waals surface area contributed by atoms with Crippen LogP contribution in [0.25, 0.3) is 16.8 Å². The molecule has 1 heterocycles. The molecule has 24 heavy (non-hydrogen) atoms. The molecule has 0 spiro atoms. The standard InChI is InChI=1S/C19H16FNO3/c1-12(22)17-10-18(23)19(24)11-21(17)14-6-4-5-13(9-14)15-7-2-3-8-16(15)20/h2-12,22,24H,1H3. The first-order chi connectivity index (χ1) is 11.5. The fourth-order valence-electron chi connectivity index (χ4n) is 2.60. The zero-order valence-corrected chi connectivity index (χ0v) is 13.0. The lowest BCUT2D eigenvalue weighted by Crippen LogP contribution is -2.13. The zero-order chi connectivity index (χ0) is 17.3. The van der Waals surface area contributed by atoms with Crippen molar-refractivity contribution in [3.05, 3.63) is 82.5 Å². The summed E-state index contributed by atoms with van der Waals surface area (Å²) in [6, 6.07) is 14.6. The van der Waals surface area contributed by atoms with E-state index in [9.17, 15) is 19.4 Å². The summed E-state index contributed by atoms with van der Waals surface area (Å²) in [7, 11) is 0. The van der Waals surface area contributed by atoms with Gasteiger partial charge in [0, 0.05) is 17.3 Å². The van der Waals surface area contributed by atoms with Gasteiger partial charge in [0.25, 0.3) is 0 Å². The molecule has 0 bridgehead atoms. The number of hydrogen-bond donors (Lipinski definition) is 2. The van der Waals surface area contributed by atoms with Gasteiger partial charge in [-0.3, -0.25) is 4.79 Å². The molecule has 122 valence electrons.